The van der Waals surface area contributed by atoms with Crippen LogP contribution in [0.1, 0.15) is 32.3 Å². The van der Waals surface area contributed by atoms with Gasteiger partial charge in [0.2, 0.25) is 11.8 Å². The van der Waals surface area contributed by atoms with Crippen LogP contribution in [0.5, 0.6) is 5.75 Å². The van der Waals surface area contributed by atoms with Crippen molar-refractivity contribution in [3.63, 3.8) is 0 Å². The van der Waals surface area contributed by atoms with Gasteiger partial charge in [0.1, 0.15) is 17.8 Å². The first-order valence-corrected chi connectivity index (χ1v) is 8.95. The number of ether oxygens (including phenoxy) is 1. The Morgan fingerprint density at radius 2 is 2.08 bits per heavy atom. The summed E-state index contributed by atoms with van der Waals surface area (Å²) in [6.07, 6.45) is 1.34. The third-order valence-corrected chi connectivity index (χ3v) is 4.98. The zero-order valence-electron chi connectivity index (χ0n) is 15.1. The van der Waals surface area contributed by atoms with Crippen molar-refractivity contribution in [3.05, 3.63) is 29.8 Å². The Morgan fingerprint density at radius 1 is 1.32 bits per heavy atom. The lowest BCUT2D eigenvalue weighted by atomic mass is 9.99. The van der Waals surface area contributed by atoms with E-state index in [0.717, 1.165) is 11.3 Å². The van der Waals surface area contributed by atoms with Gasteiger partial charge < -0.3 is 20.3 Å². The molecule has 2 aliphatic heterocycles. The molecule has 2 fully saturated rings. The van der Waals surface area contributed by atoms with Crippen molar-refractivity contribution in [3.8, 4) is 5.75 Å². The Hall–Kier alpha value is -2.08. The van der Waals surface area contributed by atoms with Crippen LogP contribution < -0.4 is 15.4 Å². The number of methoxy groups -OCH3 is 1. The first-order chi connectivity index (χ1) is 12.0. The van der Waals surface area contributed by atoms with Crippen LogP contribution in [0.2, 0.25) is 0 Å². The van der Waals surface area contributed by atoms with Crippen molar-refractivity contribution < 1.29 is 14.3 Å². The van der Waals surface area contributed by atoms with E-state index in [-0.39, 0.29) is 29.9 Å². The maximum absolute atomic E-state index is 12.7. The van der Waals surface area contributed by atoms with Crippen molar-refractivity contribution in [2.24, 2.45) is 5.92 Å². The van der Waals surface area contributed by atoms with E-state index in [1.54, 1.807) is 12.0 Å². The van der Waals surface area contributed by atoms with E-state index in [0.29, 0.717) is 31.8 Å². The summed E-state index contributed by atoms with van der Waals surface area (Å²) in [4.78, 5) is 26.8. The summed E-state index contributed by atoms with van der Waals surface area (Å²) in [5.41, 5.74) is 1.07. The number of benzene rings is 1. The zero-order chi connectivity index (χ0) is 18.0. The number of fused-ring (bicyclic) bond motifs is 1. The fourth-order valence-electron chi connectivity index (χ4n) is 3.74. The zero-order valence-corrected chi connectivity index (χ0v) is 15.1. The standard InChI is InChI=1S/C19H27N3O3/c1-12(2)8-15-19(24)22-11-14(9-16(22)18(23)21-15)20-10-13-6-4-5-7-17(13)25-3/h4-7,12,14-16,20H,8-11H2,1-3H3,(H,21,23)/t14-,15-,16-/m0/s1. The molecule has 2 N–H and O–H groups in total. The fraction of sp³-hybridized carbons (Fsp3) is 0.579. The fourth-order valence-corrected chi connectivity index (χ4v) is 3.74. The minimum Gasteiger partial charge on any atom is -0.496 e. The first kappa shape index (κ1) is 17.7. The minimum atomic E-state index is -0.378. The highest BCUT2D eigenvalue weighted by molar-refractivity contribution is 5.97. The third-order valence-electron chi connectivity index (χ3n) is 4.98. The number of hydrogen-bond donors (Lipinski definition) is 2. The average molecular weight is 345 g/mol. The van der Waals surface area contributed by atoms with Gasteiger partial charge in [-0.1, -0.05) is 32.0 Å². The molecule has 2 heterocycles. The number of para-hydroxylation sites is 1. The minimum absolute atomic E-state index is 0.0214. The lowest BCUT2D eigenvalue weighted by Crippen LogP contribution is -2.61. The van der Waals surface area contributed by atoms with Gasteiger partial charge in [0.05, 0.1) is 7.11 Å². The van der Waals surface area contributed by atoms with Crippen molar-refractivity contribution in [2.75, 3.05) is 13.7 Å². The molecule has 1 aromatic carbocycles. The van der Waals surface area contributed by atoms with Crippen molar-refractivity contribution in [2.45, 2.75) is 51.4 Å². The highest BCUT2D eigenvalue weighted by Gasteiger charge is 2.46. The van der Waals surface area contributed by atoms with E-state index < -0.39 is 0 Å². The molecular formula is C19H27N3O3. The van der Waals surface area contributed by atoms with E-state index in [1.165, 1.54) is 0 Å². The molecule has 6 heteroatoms. The monoisotopic (exact) mass is 345 g/mol. The number of piperazine rings is 1. The molecule has 0 aromatic heterocycles. The molecule has 6 nitrogen and oxygen atoms in total. The largest absolute Gasteiger partial charge is 0.496 e. The summed E-state index contributed by atoms with van der Waals surface area (Å²) in [5.74, 6) is 1.25. The van der Waals surface area contributed by atoms with Gasteiger partial charge in [0.25, 0.3) is 0 Å². The van der Waals surface area contributed by atoms with Gasteiger partial charge in [-0.3, -0.25) is 9.59 Å². The lowest BCUT2D eigenvalue weighted by Gasteiger charge is -2.35. The van der Waals surface area contributed by atoms with Crippen molar-refractivity contribution in [1.29, 1.82) is 0 Å². The second kappa shape index (κ2) is 7.44. The number of rotatable bonds is 6. The van der Waals surface area contributed by atoms with Crippen LogP contribution in [0.15, 0.2) is 24.3 Å². The number of nitrogens with zero attached hydrogens (tertiary/aromatic N) is 1. The summed E-state index contributed by atoms with van der Waals surface area (Å²) in [6.45, 7) is 5.36. The Bertz CT molecular complexity index is 647. The van der Waals surface area contributed by atoms with E-state index in [4.69, 9.17) is 4.74 Å². The van der Waals surface area contributed by atoms with Gasteiger partial charge >= 0.3 is 0 Å². The molecule has 2 aliphatic rings. The molecule has 0 saturated carbocycles. The molecule has 25 heavy (non-hydrogen) atoms. The molecule has 0 aliphatic carbocycles. The number of carbonyl (C=O) groups excluding carboxylic acids is 2. The van der Waals surface area contributed by atoms with Gasteiger partial charge in [-0.15, -0.1) is 0 Å². The van der Waals surface area contributed by atoms with Crippen LogP contribution >= 0.6 is 0 Å². The van der Waals surface area contributed by atoms with E-state index in [2.05, 4.69) is 24.5 Å². The number of hydrogen-bond acceptors (Lipinski definition) is 4. The van der Waals surface area contributed by atoms with Crippen LogP contribution in [-0.2, 0) is 16.1 Å². The molecule has 136 valence electrons. The smallest absolute Gasteiger partial charge is 0.245 e. The van der Waals surface area contributed by atoms with Gasteiger partial charge in [-0.05, 0) is 24.8 Å². The lowest BCUT2D eigenvalue weighted by molar-refractivity contribution is -0.147. The van der Waals surface area contributed by atoms with Crippen molar-refractivity contribution in [1.82, 2.24) is 15.5 Å². The highest BCUT2D eigenvalue weighted by atomic mass is 16.5. The van der Waals surface area contributed by atoms with Gasteiger partial charge in [-0.25, -0.2) is 0 Å². The van der Waals surface area contributed by atoms with Crippen LogP contribution in [0.3, 0.4) is 0 Å². The summed E-state index contributed by atoms with van der Waals surface area (Å²) in [5, 5.41) is 6.38. The SMILES string of the molecule is COc1ccccc1CN[C@H]1C[C@H]2C(=O)N[C@@H](CC(C)C)C(=O)N2C1. The quantitative estimate of drug-likeness (QED) is 0.815. The molecule has 1 aromatic rings. The van der Waals surface area contributed by atoms with Crippen LogP contribution in [0.4, 0.5) is 0 Å². The molecule has 2 amide bonds. The number of nitrogens with one attached hydrogen (secondary N) is 2. The third kappa shape index (κ3) is 3.79. The predicted octanol–water partition coefficient (Wildman–Crippen LogP) is 1.30. The summed E-state index contributed by atoms with van der Waals surface area (Å²) in [7, 11) is 1.66. The molecule has 0 radical (unpaired) electrons. The second-order valence-electron chi connectivity index (χ2n) is 7.32. The normalized spacial score (nSPS) is 25.9. The Labute approximate surface area is 148 Å². The maximum atomic E-state index is 12.7. The van der Waals surface area contributed by atoms with Gasteiger partial charge in [0, 0.05) is 24.7 Å². The topological polar surface area (TPSA) is 70.7 Å². The molecule has 3 rings (SSSR count). The Morgan fingerprint density at radius 3 is 2.80 bits per heavy atom. The molecule has 0 spiro atoms. The summed E-state index contributed by atoms with van der Waals surface area (Å²) in [6, 6.07) is 7.26. The maximum Gasteiger partial charge on any atom is 0.245 e. The number of amides is 2. The van der Waals surface area contributed by atoms with Crippen LogP contribution in [0, 0.1) is 5.92 Å². The second-order valence-corrected chi connectivity index (χ2v) is 7.32. The Kier molecular flexibility index (Phi) is 5.27. The molecule has 2 saturated heterocycles. The van der Waals surface area contributed by atoms with Crippen LogP contribution in [-0.4, -0.2) is 48.5 Å². The molecule has 0 bridgehead atoms. The van der Waals surface area contributed by atoms with E-state index in [1.807, 2.05) is 24.3 Å². The average Bonchev–Trinajstić information content (AvgIpc) is 3.02. The van der Waals surface area contributed by atoms with Crippen molar-refractivity contribution >= 4 is 11.8 Å². The summed E-state index contributed by atoms with van der Waals surface area (Å²) >= 11 is 0. The molecule has 0 unspecified atom stereocenters. The van der Waals surface area contributed by atoms with E-state index in [9.17, 15) is 9.59 Å². The predicted molar refractivity (Wildman–Crippen MR) is 95.1 cm³/mol. The summed E-state index contributed by atoms with van der Waals surface area (Å²) < 4.78 is 5.37. The van der Waals surface area contributed by atoms with Crippen LogP contribution in [0.25, 0.3) is 0 Å². The first-order valence-electron chi connectivity index (χ1n) is 8.95. The number of carbonyl (C=O) groups is 2. The van der Waals surface area contributed by atoms with E-state index >= 15 is 0 Å². The van der Waals surface area contributed by atoms with Gasteiger partial charge in [0.15, 0.2) is 0 Å². The molecular weight excluding hydrogens is 318 g/mol. The van der Waals surface area contributed by atoms with Gasteiger partial charge in [-0.2, -0.15) is 0 Å². The molecule has 3 atom stereocenters. The Balaban J connectivity index is 1.62. The highest BCUT2D eigenvalue weighted by Crippen LogP contribution is 2.25.